The third-order valence-electron chi connectivity index (χ3n) is 4.17. The van der Waals surface area contributed by atoms with Crippen molar-refractivity contribution >= 4 is 11.2 Å². The Balaban J connectivity index is 1.51. The van der Waals surface area contributed by atoms with Crippen LogP contribution in [0.5, 0.6) is 5.88 Å². The molecule has 1 aliphatic rings. The monoisotopic (exact) mass is 325 g/mol. The van der Waals surface area contributed by atoms with E-state index >= 15 is 0 Å². The van der Waals surface area contributed by atoms with Gasteiger partial charge in [0.05, 0.1) is 19.8 Å². The van der Waals surface area contributed by atoms with E-state index in [4.69, 9.17) is 9.47 Å². The van der Waals surface area contributed by atoms with Crippen molar-refractivity contribution in [3.63, 3.8) is 0 Å². The van der Waals surface area contributed by atoms with Crippen LogP contribution >= 0.6 is 0 Å². The van der Waals surface area contributed by atoms with Gasteiger partial charge in [0, 0.05) is 31.0 Å². The molecule has 1 aliphatic heterocycles. The molecule has 0 amide bonds. The standard InChI is InChI=1S/C17H19N5O2/c1-23-17-12(4-2-7-20-17)8-18-9-13-10-24-11-15-21-14-5-3-6-19-16(14)22(13)15/h2-7,13,18H,8-11H2,1H3. The molecule has 24 heavy (non-hydrogen) atoms. The maximum Gasteiger partial charge on any atom is 0.217 e. The average Bonchev–Trinajstić information content (AvgIpc) is 3.01. The normalized spacial score (nSPS) is 17.0. The Bertz CT molecular complexity index is 848. The first-order valence-electron chi connectivity index (χ1n) is 7.95. The number of nitrogens with one attached hydrogen (secondary N) is 1. The summed E-state index contributed by atoms with van der Waals surface area (Å²) in [4.78, 5) is 13.3. The maximum atomic E-state index is 5.70. The fraction of sp³-hybridized carbons (Fsp3) is 0.353. The highest BCUT2D eigenvalue weighted by Crippen LogP contribution is 2.24. The van der Waals surface area contributed by atoms with Gasteiger partial charge < -0.3 is 19.4 Å². The first-order valence-corrected chi connectivity index (χ1v) is 7.95. The van der Waals surface area contributed by atoms with Crippen LogP contribution in [-0.4, -0.2) is 39.8 Å². The Hall–Kier alpha value is -2.51. The second-order valence-electron chi connectivity index (χ2n) is 5.72. The zero-order chi connectivity index (χ0) is 16.4. The first-order chi connectivity index (χ1) is 11.9. The molecule has 1 unspecified atom stereocenters. The van der Waals surface area contributed by atoms with E-state index in [0.29, 0.717) is 25.6 Å². The zero-order valence-electron chi connectivity index (χ0n) is 13.5. The molecule has 3 aromatic heterocycles. The summed E-state index contributed by atoms with van der Waals surface area (Å²) in [5.41, 5.74) is 2.86. The number of hydrogen-bond donors (Lipinski definition) is 1. The van der Waals surface area contributed by atoms with Gasteiger partial charge in [0.1, 0.15) is 17.9 Å². The minimum absolute atomic E-state index is 0.163. The number of methoxy groups -OCH3 is 1. The zero-order valence-corrected chi connectivity index (χ0v) is 13.5. The molecule has 7 nitrogen and oxygen atoms in total. The largest absolute Gasteiger partial charge is 0.481 e. The Morgan fingerprint density at radius 2 is 2.17 bits per heavy atom. The molecule has 0 aromatic carbocycles. The van der Waals surface area contributed by atoms with Crippen molar-refractivity contribution in [2.45, 2.75) is 19.2 Å². The molecule has 0 fully saturated rings. The van der Waals surface area contributed by atoms with E-state index in [-0.39, 0.29) is 6.04 Å². The topological polar surface area (TPSA) is 74.1 Å². The van der Waals surface area contributed by atoms with Gasteiger partial charge in [-0.3, -0.25) is 0 Å². The molecule has 3 aromatic rings. The number of aromatic nitrogens is 4. The quantitative estimate of drug-likeness (QED) is 0.769. The minimum Gasteiger partial charge on any atom is -0.481 e. The van der Waals surface area contributed by atoms with Crippen LogP contribution in [0.2, 0.25) is 0 Å². The van der Waals surface area contributed by atoms with Crippen LogP contribution in [0, 0.1) is 0 Å². The lowest BCUT2D eigenvalue weighted by Crippen LogP contribution is -2.32. The molecule has 0 bridgehead atoms. The molecule has 0 radical (unpaired) electrons. The van der Waals surface area contributed by atoms with Crippen LogP contribution in [0.1, 0.15) is 17.4 Å². The van der Waals surface area contributed by atoms with Crippen LogP contribution in [0.4, 0.5) is 0 Å². The van der Waals surface area contributed by atoms with Gasteiger partial charge in [0.15, 0.2) is 5.65 Å². The van der Waals surface area contributed by atoms with Crippen molar-refractivity contribution in [3.8, 4) is 5.88 Å². The molecule has 124 valence electrons. The summed E-state index contributed by atoms with van der Waals surface area (Å²) < 4.78 is 13.2. The number of rotatable bonds is 5. The van der Waals surface area contributed by atoms with Crippen molar-refractivity contribution < 1.29 is 9.47 Å². The lowest BCUT2D eigenvalue weighted by atomic mass is 10.2. The molecule has 7 heteroatoms. The van der Waals surface area contributed by atoms with E-state index < -0.39 is 0 Å². The van der Waals surface area contributed by atoms with Gasteiger partial charge in [0.2, 0.25) is 5.88 Å². The predicted octanol–water partition coefficient (Wildman–Crippen LogP) is 1.70. The number of imidazole rings is 1. The number of hydrogen-bond acceptors (Lipinski definition) is 6. The van der Waals surface area contributed by atoms with Crippen LogP contribution in [-0.2, 0) is 17.9 Å². The molecule has 1 N–H and O–H groups in total. The van der Waals surface area contributed by atoms with Gasteiger partial charge in [0.25, 0.3) is 0 Å². The van der Waals surface area contributed by atoms with E-state index in [0.717, 1.165) is 29.1 Å². The van der Waals surface area contributed by atoms with E-state index in [2.05, 4.69) is 24.8 Å². The second-order valence-corrected chi connectivity index (χ2v) is 5.72. The van der Waals surface area contributed by atoms with Gasteiger partial charge in [-0.05, 0) is 18.2 Å². The van der Waals surface area contributed by atoms with Crippen molar-refractivity contribution in [2.75, 3.05) is 20.3 Å². The molecular weight excluding hydrogens is 306 g/mol. The molecule has 0 saturated heterocycles. The highest BCUT2D eigenvalue weighted by Gasteiger charge is 2.24. The van der Waals surface area contributed by atoms with Gasteiger partial charge in [-0.2, -0.15) is 0 Å². The molecule has 4 heterocycles. The van der Waals surface area contributed by atoms with Gasteiger partial charge in [-0.25, -0.2) is 15.0 Å². The lowest BCUT2D eigenvalue weighted by Gasteiger charge is -2.26. The summed E-state index contributed by atoms with van der Waals surface area (Å²) >= 11 is 0. The van der Waals surface area contributed by atoms with E-state index in [9.17, 15) is 0 Å². The van der Waals surface area contributed by atoms with Gasteiger partial charge >= 0.3 is 0 Å². The summed E-state index contributed by atoms with van der Waals surface area (Å²) in [5.74, 6) is 1.58. The fourth-order valence-electron chi connectivity index (χ4n) is 3.09. The fourth-order valence-corrected chi connectivity index (χ4v) is 3.09. The maximum absolute atomic E-state index is 5.70. The second kappa shape index (κ2) is 6.54. The summed E-state index contributed by atoms with van der Waals surface area (Å²) in [6, 6.07) is 7.98. The summed E-state index contributed by atoms with van der Waals surface area (Å²) in [5, 5.41) is 3.47. The Labute approximate surface area is 139 Å². The van der Waals surface area contributed by atoms with Crippen LogP contribution < -0.4 is 10.1 Å². The lowest BCUT2D eigenvalue weighted by molar-refractivity contribution is 0.0561. The third kappa shape index (κ3) is 2.72. The molecule has 0 spiro atoms. The molecule has 1 atom stereocenters. The molecular formula is C17H19N5O2. The van der Waals surface area contributed by atoms with Crippen molar-refractivity contribution in [3.05, 3.63) is 48.0 Å². The Morgan fingerprint density at radius 1 is 1.29 bits per heavy atom. The molecule has 0 aliphatic carbocycles. The van der Waals surface area contributed by atoms with Gasteiger partial charge in [-0.1, -0.05) is 6.07 Å². The van der Waals surface area contributed by atoms with Gasteiger partial charge in [-0.15, -0.1) is 0 Å². The highest BCUT2D eigenvalue weighted by molar-refractivity contribution is 5.71. The molecule has 0 saturated carbocycles. The first kappa shape index (κ1) is 15.0. The summed E-state index contributed by atoms with van der Waals surface area (Å²) in [6.07, 6.45) is 3.53. The molecule has 4 rings (SSSR count). The Morgan fingerprint density at radius 3 is 3.08 bits per heavy atom. The van der Waals surface area contributed by atoms with E-state index in [1.807, 2.05) is 24.3 Å². The number of ether oxygens (including phenoxy) is 2. The smallest absolute Gasteiger partial charge is 0.217 e. The third-order valence-corrected chi connectivity index (χ3v) is 4.17. The SMILES string of the molecule is COc1ncccc1CNCC1COCc2nc3cccnc3n21. The number of nitrogens with zero attached hydrogens (tertiary/aromatic N) is 4. The number of pyridine rings is 2. The van der Waals surface area contributed by atoms with Crippen LogP contribution in [0.25, 0.3) is 11.2 Å². The minimum atomic E-state index is 0.163. The van der Waals surface area contributed by atoms with E-state index in [1.54, 1.807) is 19.5 Å². The van der Waals surface area contributed by atoms with Crippen molar-refractivity contribution in [1.82, 2.24) is 24.8 Å². The van der Waals surface area contributed by atoms with Crippen molar-refractivity contribution in [1.29, 1.82) is 0 Å². The van der Waals surface area contributed by atoms with Crippen molar-refractivity contribution in [2.24, 2.45) is 0 Å². The number of fused-ring (bicyclic) bond motifs is 3. The average molecular weight is 325 g/mol. The predicted molar refractivity (Wildman–Crippen MR) is 88.7 cm³/mol. The summed E-state index contributed by atoms with van der Waals surface area (Å²) in [7, 11) is 1.64. The van der Waals surface area contributed by atoms with E-state index in [1.165, 1.54) is 0 Å². The van der Waals surface area contributed by atoms with Crippen LogP contribution in [0.3, 0.4) is 0 Å². The van der Waals surface area contributed by atoms with Crippen LogP contribution in [0.15, 0.2) is 36.7 Å². The highest BCUT2D eigenvalue weighted by atomic mass is 16.5. The summed E-state index contributed by atoms with van der Waals surface area (Å²) in [6.45, 7) is 2.62. The Kier molecular flexibility index (Phi) is 4.10.